The molecule has 0 saturated heterocycles. The summed E-state index contributed by atoms with van der Waals surface area (Å²) >= 11 is 0. The molecule has 4 rings (SSSR count). The van der Waals surface area contributed by atoms with E-state index in [2.05, 4.69) is 41.0 Å². The molecule has 0 saturated carbocycles. The second-order valence-corrected chi connectivity index (χ2v) is 6.02. The number of rotatable bonds is 3. The number of carbonyl (C=O) groups excluding carboxylic acids is 1. The summed E-state index contributed by atoms with van der Waals surface area (Å²) < 4.78 is 0. The summed E-state index contributed by atoms with van der Waals surface area (Å²) in [6, 6.07) is 22.6. The maximum absolute atomic E-state index is 11.6. The average molecular weight is 314 g/mol. The van der Waals surface area contributed by atoms with Crippen LogP contribution in [0.5, 0.6) is 0 Å². The lowest BCUT2D eigenvalue weighted by Crippen LogP contribution is -2.09. The Bertz CT molecular complexity index is 916. The van der Waals surface area contributed by atoms with Gasteiger partial charge in [-0.05, 0) is 40.5 Å². The van der Waals surface area contributed by atoms with Crippen LogP contribution in [0.2, 0.25) is 0 Å². The van der Waals surface area contributed by atoms with Gasteiger partial charge >= 0.3 is 0 Å². The molecule has 3 aromatic carbocycles. The largest absolute Gasteiger partial charge is 0.354 e. The van der Waals surface area contributed by atoms with Crippen LogP contribution in [0.25, 0.3) is 11.1 Å². The van der Waals surface area contributed by atoms with Crippen molar-refractivity contribution in [1.82, 2.24) is 0 Å². The highest BCUT2D eigenvalue weighted by atomic mass is 16.1. The minimum Gasteiger partial charge on any atom is -0.354 e. The Labute approximate surface area is 141 Å². The number of hydrogen-bond acceptors (Lipinski definition) is 2. The minimum absolute atomic E-state index is 0.0680. The summed E-state index contributed by atoms with van der Waals surface area (Å²) in [7, 11) is 0. The van der Waals surface area contributed by atoms with E-state index in [0.717, 1.165) is 23.5 Å². The number of fused-ring (bicyclic) bond motifs is 3. The molecule has 2 N–H and O–H groups in total. The molecule has 3 aromatic rings. The zero-order valence-corrected chi connectivity index (χ0v) is 13.5. The SMILES string of the molecule is CC(=O)Nc1ccc2c(c1Nc1ccccc1)Cc1ccccc1-2. The summed E-state index contributed by atoms with van der Waals surface area (Å²) in [6.07, 6.45) is 0.869. The Morgan fingerprint density at radius 3 is 2.42 bits per heavy atom. The molecule has 0 aromatic heterocycles. The lowest BCUT2D eigenvalue weighted by molar-refractivity contribution is -0.114. The van der Waals surface area contributed by atoms with Crippen molar-refractivity contribution in [1.29, 1.82) is 0 Å². The lowest BCUT2D eigenvalue weighted by Gasteiger charge is -2.17. The molecule has 1 amide bonds. The monoisotopic (exact) mass is 314 g/mol. The summed E-state index contributed by atoms with van der Waals surface area (Å²) in [4.78, 5) is 11.6. The molecule has 0 unspecified atom stereocenters. The summed E-state index contributed by atoms with van der Waals surface area (Å²) in [5.74, 6) is -0.0680. The van der Waals surface area contributed by atoms with E-state index in [1.54, 1.807) is 0 Å². The maximum Gasteiger partial charge on any atom is 0.221 e. The van der Waals surface area contributed by atoms with E-state index in [4.69, 9.17) is 0 Å². The molecule has 0 radical (unpaired) electrons. The van der Waals surface area contributed by atoms with Gasteiger partial charge in [-0.25, -0.2) is 0 Å². The number of para-hydroxylation sites is 1. The first-order valence-corrected chi connectivity index (χ1v) is 8.06. The number of anilines is 3. The molecule has 0 fully saturated rings. The van der Waals surface area contributed by atoms with Crippen LogP contribution in [0.15, 0.2) is 66.7 Å². The Morgan fingerprint density at radius 1 is 0.875 bits per heavy atom. The molecular weight excluding hydrogens is 296 g/mol. The predicted molar refractivity (Wildman–Crippen MR) is 98.7 cm³/mol. The van der Waals surface area contributed by atoms with Crippen LogP contribution in [0, 0.1) is 0 Å². The highest BCUT2D eigenvalue weighted by Crippen LogP contribution is 2.44. The highest BCUT2D eigenvalue weighted by molar-refractivity contribution is 5.97. The second kappa shape index (κ2) is 5.85. The van der Waals surface area contributed by atoms with Gasteiger partial charge in [0.2, 0.25) is 5.91 Å². The maximum atomic E-state index is 11.6. The standard InChI is InChI=1S/C21H18N2O/c1-14(24)22-20-12-11-18-17-10-6-5-7-15(17)13-19(18)21(20)23-16-8-3-2-4-9-16/h2-12,23H,13H2,1H3,(H,22,24). The molecule has 1 aliphatic carbocycles. The molecule has 0 spiro atoms. The quantitative estimate of drug-likeness (QED) is 0.561. The van der Waals surface area contributed by atoms with E-state index < -0.39 is 0 Å². The molecule has 0 atom stereocenters. The Hall–Kier alpha value is -3.07. The highest BCUT2D eigenvalue weighted by Gasteiger charge is 2.23. The van der Waals surface area contributed by atoms with E-state index in [9.17, 15) is 4.79 Å². The second-order valence-electron chi connectivity index (χ2n) is 6.02. The van der Waals surface area contributed by atoms with Crippen LogP contribution in [-0.4, -0.2) is 5.91 Å². The molecule has 24 heavy (non-hydrogen) atoms. The van der Waals surface area contributed by atoms with Gasteiger partial charge in [-0.2, -0.15) is 0 Å². The van der Waals surface area contributed by atoms with Crippen molar-refractivity contribution in [3.8, 4) is 11.1 Å². The molecule has 3 heteroatoms. The summed E-state index contributed by atoms with van der Waals surface area (Å²) in [5.41, 5.74) is 7.86. The van der Waals surface area contributed by atoms with Crippen LogP contribution in [0.3, 0.4) is 0 Å². The van der Waals surface area contributed by atoms with Crippen LogP contribution in [-0.2, 0) is 11.2 Å². The van der Waals surface area contributed by atoms with Gasteiger partial charge in [0.1, 0.15) is 0 Å². The van der Waals surface area contributed by atoms with Gasteiger partial charge < -0.3 is 10.6 Å². The van der Waals surface area contributed by atoms with E-state index in [0.29, 0.717) is 0 Å². The molecule has 0 heterocycles. The molecule has 0 aliphatic heterocycles. The van der Waals surface area contributed by atoms with E-state index >= 15 is 0 Å². The van der Waals surface area contributed by atoms with Crippen molar-refractivity contribution in [2.24, 2.45) is 0 Å². The van der Waals surface area contributed by atoms with Crippen molar-refractivity contribution in [3.05, 3.63) is 77.9 Å². The van der Waals surface area contributed by atoms with Crippen molar-refractivity contribution in [2.45, 2.75) is 13.3 Å². The van der Waals surface area contributed by atoms with Crippen molar-refractivity contribution in [3.63, 3.8) is 0 Å². The Balaban J connectivity index is 1.84. The van der Waals surface area contributed by atoms with Gasteiger partial charge in [-0.1, -0.05) is 48.5 Å². The first-order valence-electron chi connectivity index (χ1n) is 8.06. The van der Waals surface area contributed by atoms with Gasteiger partial charge in [-0.15, -0.1) is 0 Å². The molecular formula is C21H18N2O. The third kappa shape index (κ3) is 2.54. The van der Waals surface area contributed by atoms with Gasteiger partial charge in [0.25, 0.3) is 0 Å². The van der Waals surface area contributed by atoms with Gasteiger partial charge in [-0.3, -0.25) is 4.79 Å². The topological polar surface area (TPSA) is 41.1 Å². The smallest absolute Gasteiger partial charge is 0.221 e. The molecule has 0 bridgehead atoms. The van der Waals surface area contributed by atoms with Crippen LogP contribution < -0.4 is 10.6 Å². The zero-order chi connectivity index (χ0) is 16.5. The normalized spacial score (nSPS) is 11.5. The van der Waals surface area contributed by atoms with E-state index in [1.807, 2.05) is 36.4 Å². The van der Waals surface area contributed by atoms with Crippen molar-refractivity contribution < 1.29 is 4.79 Å². The van der Waals surface area contributed by atoms with Crippen LogP contribution in [0.1, 0.15) is 18.1 Å². The third-order valence-corrected chi connectivity index (χ3v) is 4.34. The number of carbonyl (C=O) groups is 1. The Morgan fingerprint density at radius 2 is 1.62 bits per heavy atom. The number of benzene rings is 3. The first kappa shape index (κ1) is 14.5. The zero-order valence-electron chi connectivity index (χ0n) is 13.5. The Kier molecular flexibility index (Phi) is 3.54. The van der Waals surface area contributed by atoms with Crippen molar-refractivity contribution >= 4 is 23.0 Å². The van der Waals surface area contributed by atoms with Crippen LogP contribution in [0.4, 0.5) is 17.1 Å². The van der Waals surface area contributed by atoms with E-state index in [1.165, 1.54) is 29.2 Å². The average Bonchev–Trinajstić information content (AvgIpc) is 2.96. The third-order valence-electron chi connectivity index (χ3n) is 4.34. The lowest BCUT2D eigenvalue weighted by atomic mass is 10.0. The molecule has 118 valence electrons. The number of hydrogen-bond donors (Lipinski definition) is 2. The van der Waals surface area contributed by atoms with Gasteiger partial charge in [0, 0.05) is 19.0 Å². The van der Waals surface area contributed by atoms with E-state index in [-0.39, 0.29) is 5.91 Å². The van der Waals surface area contributed by atoms with Crippen LogP contribution >= 0.6 is 0 Å². The predicted octanol–water partition coefficient (Wildman–Crippen LogP) is 4.96. The summed E-state index contributed by atoms with van der Waals surface area (Å²) in [6.45, 7) is 1.54. The number of amides is 1. The minimum atomic E-state index is -0.0680. The first-order chi connectivity index (χ1) is 11.7. The summed E-state index contributed by atoms with van der Waals surface area (Å²) in [5, 5.41) is 6.45. The van der Waals surface area contributed by atoms with Crippen molar-refractivity contribution in [2.75, 3.05) is 10.6 Å². The fourth-order valence-corrected chi connectivity index (χ4v) is 3.31. The fraction of sp³-hybridized carbons (Fsp3) is 0.0952. The molecule has 3 nitrogen and oxygen atoms in total. The number of nitrogens with one attached hydrogen (secondary N) is 2. The fourth-order valence-electron chi connectivity index (χ4n) is 3.31. The van der Waals surface area contributed by atoms with Gasteiger partial charge in [0.05, 0.1) is 11.4 Å². The van der Waals surface area contributed by atoms with Gasteiger partial charge in [0.15, 0.2) is 0 Å². The molecule has 1 aliphatic rings.